The topological polar surface area (TPSA) is 65.3 Å². The molecule has 0 aromatic heterocycles. The fourth-order valence-corrected chi connectivity index (χ4v) is 4.97. The lowest BCUT2D eigenvalue weighted by molar-refractivity contribution is 0.550. The Morgan fingerprint density at radius 1 is 0.690 bits per heavy atom. The average molecular weight is 411 g/mol. The fraction of sp³-hybridized carbons (Fsp3) is 0.364. The second-order valence-corrected chi connectivity index (χ2v) is 9.55. The van der Waals surface area contributed by atoms with Crippen LogP contribution >= 0.6 is 0 Å². The Kier molecular flexibility index (Phi) is 5.41. The molecule has 0 radical (unpaired) electrons. The molecule has 7 heteroatoms. The van der Waals surface area contributed by atoms with Crippen molar-refractivity contribution in [2.75, 3.05) is 27.2 Å². The molecule has 2 aliphatic rings. The van der Waals surface area contributed by atoms with Crippen LogP contribution in [0.4, 0.5) is 11.4 Å². The molecular formula is C22H26N4O2S. The van der Waals surface area contributed by atoms with Crippen molar-refractivity contribution in [1.82, 2.24) is 9.80 Å². The first kappa shape index (κ1) is 19.6. The van der Waals surface area contributed by atoms with E-state index in [2.05, 4.69) is 19.8 Å². The van der Waals surface area contributed by atoms with Gasteiger partial charge < -0.3 is 9.80 Å². The summed E-state index contributed by atoms with van der Waals surface area (Å²) in [5, 5.41) is 0. The van der Waals surface area contributed by atoms with E-state index in [0.717, 1.165) is 61.8 Å². The molecule has 0 unspecified atom stereocenters. The number of aliphatic imine (C=N–C) groups is 2. The van der Waals surface area contributed by atoms with E-state index in [-0.39, 0.29) is 9.79 Å². The van der Waals surface area contributed by atoms with Crippen LogP contribution in [0.25, 0.3) is 0 Å². The van der Waals surface area contributed by atoms with E-state index in [4.69, 9.17) is 0 Å². The number of nitrogens with zero attached hydrogens (tertiary/aromatic N) is 4. The zero-order valence-corrected chi connectivity index (χ0v) is 17.7. The van der Waals surface area contributed by atoms with Crippen LogP contribution in [0.3, 0.4) is 0 Å². The third-order valence-electron chi connectivity index (χ3n) is 5.48. The van der Waals surface area contributed by atoms with Gasteiger partial charge in [0.2, 0.25) is 9.84 Å². The highest BCUT2D eigenvalue weighted by molar-refractivity contribution is 7.91. The summed E-state index contributed by atoms with van der Waals surface area (Å²) < 4.78 is 25.9. The molecule has 0 bridgehead atoms. The lowest BCUT2D eigenvalue weighted by Gasteiger charge is -2.11. The second-order valence-electron chi connectivity index (χ2n) is 7.60. The van der Waals surface area contributed by atoms with E-state index in [1.165, 1.54) is 0 Å². The third-order valence-corrected chi connectivity index (χ3v) is 7.26. The predicted molar refractivity (Wildman–Crippen MR) is 116 cm³/mol. The van der Waals surface area contributed by atoms with Crippen LogP contribution in [-0.2, 0) is 9.84 Å². The molecule has 0 spiro atoms. The summed E-state index contributed by atoms with van der Waals surface area (Å²) in [5.41, 5.74) is 1.55. The first-order valence-corrected chi connectivity index (χ1v) is 11.4. The number of rotatable bonds is 4. The molecule has 0 aliphatic carbocycles. The van der Waals surface area contributed by atoms with E-state index in [9.17, 15) is 8.42 Å². The number of hydrogen-bond donors (Lipinski definition) is 0. The summed E-state index contributed by atoms with van der Waals surface area (Å²) in [5.74, 6) is 2.09. The van der Waals surface area contributed by atoms with Crippen LogP contribution in [0.2, 0.25) is 0 Å². The highest BCUT2D eigenvalue weighted by Gasteiger charge is 2.19. The molecule has 152 valence electrons. The zero-order chi connectivity index (χ0) is 20.4. The Morgan fingerprint density at radius 3 is 1.38 bits per heavy atom. The Morgan fingerprint density at radius 2 is 1.07 bits per heavy atom. The van der Waals surface area contributed by atoms with Crippen LogP contribution in [0.1, 0.15) is 25.7 Å². The van der Waals surface area contributed by atoms with Gasteiger partial charge in [0, 0.05) is 40.0 Å². The van der Waals surface area contributed by atoms with Gasteiger partial charge in [0.25, 0.3) is 0 Å². The standard InChI is InChI=1S/C22H26N4O2S/c1-25-15-3-5-21(25)23-17-7-11-19(12-8-17)29(27,28)20-13-9-18(10-14-20)24-22-6-4-16-26(22)2/h7-14H,3-6,15-16H2,1-2H3/b23-21-,24-22-. The zero-order valence-electron chi connectivity index (χ0n) is 16.9. The first-order chi connectivity index (χ1) is 13.9. The van der Waals surface area contributed by atoms with Crippen molar-refractivity contribution < 1.29 is 8.42 Å². The van der Waals surface area contributed by atoms with Crippen molar-refractivity contribution in [1.29, 1.82) is 0 Å². The maximum atomic E-state index is 13.0. The molecule has 2 saturated heterocycles. The Labute approximate surface area is 172 Å². The normalized spacial score (nSPS) is 20.2. The number of hydrogen-bond acceptors (Lipinski definition) is 4. The minimum absolute atomic E-state index is 0.274. The summed E-state index contributed by atoms with van der Waals surface area (Å²) in [6, 6.07) is 13.6. The average Bonchev–Trinajstić information content (AvgIpc) is 3.31. The molecule has 0 atom stereocenters. The molecule has 6 nitrogen and oxygen atoms in total. The molecule has 2 aliphatic heterocycles. The van der Waals surface area contributed by atoms with E-state index < -0.39 is 9.84 Å². The van der Waals surface area contributed by atoms with Crippen LogP contribution in [-0.4, -0.2) is 57.1 Å². The van der Waals surface area contributed by atoms with Crippen molar-refractivity contribution in [3.05, 3.63) is 48.5 Å². The number of benzene rings is 2. The second kappa shape index (κ2) is 7.99. The SMILES string of the molecule is CN1CCC/C1=N/c1ccc(S(=O)(=O)c2ccc(/N=C3/CCCN3C)cc2)cc1. The Bertz CT molecular complexity index is 962. The smallest absolute Gasteiger partial charge is 0.206 e. The molecule has 2 heterocycles. The minimum atomic E-state index is -3.57. The molecule has 29 heavy (non-hydrogen) atoms. The van der Waals surface area contributed by atoms with Crippen LogP contribution in [0.15, 0.2) is 68.3 Å². The van der Waals surface area contributed by atoms with E-state index >= 15 is 0 Å². The van der Waals surface area contributed by atoms with Gasteiger partial charge >= 0.3 is 0 Å². The Hall–Kier alpha value is -2.67. The lowest BCUT2D eigenvalue weighted by atomic mass is 10.3. The van der Waals surface area contributed by atoms with Gasteiger partial charge in [0.05, 0.1) is 21.2 Å². The quantitative estimate of drug-likeness (QED) is 0.763. The summed E-state index contributed by atoms with van der Waals surface area (Å²) in [4.78, 5) is 14.1. The maximum absolute atomic E-state index is 13.0. The van der Waals surface area contributed by atoms with Crippen molar-refractivity contribution in [3.63, 3.8) is 0 Å². The highest BCUT2D eigenvalue weighted by atomic mass is 32.2. The molecule has 0 N–H and O–H groups in total. The molecule has 2 aromatic carbocycles. The fourth-order valence-electron chi connectivity index (χ4n) is 3.70. The van der Waals surface area contributed by atoms with Gasteiger partial charge in [-0.25, -0.2) is 18.4 Å². The van der Waals surface area contributed by atoms with Gasteiger partial charge in [0.1, 0.15) is 11.7 Å². The van der Waals surface area contributed by atoms with Gasteiger partial charge in [-0.2, -0.15) is 0 Å². The molecule has 2 aromatic rings. The van der Waals surface area contributed by atoms with Crippen LogP contribution in [0.5, 0.6) is 0 Å². The van der Waals surface area contributed by atoms with Crippen molar-refractivity contribution >= 4 is 32.9 Å². The summed E-state index contributed by atoms with van der Waals surface area (Å²) in [7, 11) is 0.497. The predicted octanol–water partition coefficient (Wildman–Crippen LogP) is 4.03. The summed E-state index contributed by atoms with van der Waals surface area (Å²) in [6.45, 7) is 2.03. The van der Waals surface area contributed by atoms with Gasteiger partial charge in [-0.15, -0.1) is 0 Å². The third kappa shape index (κ3) is 4.19. The monoisotopic (exact) mass is 410 g/mol. The maximum Gasteiger partial charge on any atom is 0.206 e. The van der Waals surface area contributed by atoms with Crippen molar-refractivity contribution in [3.8, 4) is 0 Å². The molecule has 0 amide bonds. The molecular weight excluding hydrogens is 384 g/mol. The van der Waals surface area contributed by atoms with Gasteiger partial charge in [-0.05, 0) is 61.4 Å². The van der Waals surface area contributed by atoms with E-state index in [1.807, 2.05) is 14.1 Å². The largest absolute Gasteiger partial charge is 0.363 e. The number of sulfone groups is 1. The molecule has 2 fully saturated rings. The van der Waals surface area contributed by atoms with Gasteiger partial charge in [-0.3, -0.25) is 0 Å². The minimum Gasteiger partial charge on any atom is -0.363 e. The van der Waals surface area contributed by atoms with Gasteiger partial charge in [-0.1, -0.05) is 0 Å². The van der Waals surface area contributed by atoms with Crippen LogP contribution < -0.4 is 0 Å². The molecule has 4 rings (SSSR count). The van der Waals surface area contributed by atoms with Crippen molar-refractivity contribution in [2.45, 2.75) is 35.5 Å². The Balaban J connectivity index is 1.53. The summed E-state index contributed by atoms with van der Waals surface area (Å²) >= 11 is 0. The highest BCUT2D eigenvalue weighted by Crippen LogP contribution is 2.26. The first-order valence-electron chi connectivity index (χ1n) is 9.96. The number of likely N-dealkylation sites (tertiary alicyclic amines) is 2. The molecule has 0 saturated carbocycles. The number of amidine groups is 2. The lowest BCUT2D eigenvalue weighted by Crippen LogP contribution is -2.18. The van der Waals surface area contributed by atoms with Crippen molar-refractivity contribution in [2.24, 2.45) is 9.98 Å². The van der Waals surface area contributed by atoms with E-state index in [0.29, 0.717) is 0 Å². The summed E-state index contributed by atoms with van der Waals surface area (Å²) in [6.07, 6.45) is 4.14. The van der Waals surface area contributed by atoms with Crippen LogP contribution in [0, 0.1) is 0 Å². The van der Waals surface area contributed by atoms with E-state index in [1.54, 1.807) is 48.5 Å². The van der Waals surface area contributed by atoms with Gasteiger partial charge in [0.15, 0.2) is 0 Å².